The number of hydrogen-bond acceptors (Lipinski definition) is 3. The van der Waals surface area contributed by atoms with Crippen LogP contribution < -0.4 is 5.32 Å². The van der Waals surface area contributed by atoms with Gasteiger partial charge in [-0.1, -0.05) is 11.6 Å². The number of benzene rings is 2. The molecular formula is C20H19ClN2O4. The second kappa shape index (κ2) is 8.22. The number of piperidine rings is 1. The average molecular weight is 387 g/mol. The number of hydrogen-bond donors (Lipinski definition) is 2. The quantitative estimate of drug-likeness (QED) is 0.841. The lowest BCUT2D eigenvalue weighted by atomic mass is 9.96. The average Bonchev–Trinajstić information content (AvgIpc) is 2.68. The van der Waals surface area contributed by atoms with Crippen molar-refractivity contribution in [1.82, 2.24) is 4.90 Å². The second-order valence-electron chi connectivity index (χ2n) is 6.47. The first-order valence-electron chi connectivity index (χ1n) is 8.63. The summed E-state index contributed by atoms with van der Waals surface area (Å²) in [6, 6.07) is 12.7. The first kappa shape index (κ1) is 18.9. The van der Waals surface area contributed by atoms with Crippen LogP contribution in [0.2, 0.25) is 5.02 Å². The molecule has 1 saturated heterocycles. The number of nitrogens with one attached hydrogen (secondary N) is 1. The highest BCUT2D eigenvalue weighted by atomic mass is 35.5. The van der Waals surface area contributed by atoms with E-state index in [0.717, 1.165) is 6.42 Å². The van der Waals surface area contributed by atoms with Crippen molar-refractivity contribution < 1.29 is 19.5 Å². The van der Waals surface area contributed by atoms with Crippen molar-refractivity contribution in [2.24, 2.45) is 5.92 Å². The third-order valence-corrected chi connectivity index (χ3v) is 4.82. The first-order valence-corrected chi connectivity index (χ1v) is 9.01. The van der Waals surface area contributed by atoms with Gasteiger partial charge < -0.3 is 15.3 Å². The van der Waals surface area contributed by atoms with Crippen LogP contribution in [-0.4, -0.2) is 40.9 Å². The maximum atomic E-state index is 12.6. The minimum absolute atomic E-state index is 0.116. The zero-order chi connectivity index (χ0) is 19.4. The number of carboxylic acids is 1. The lowest BCUT2D eigenvalue weighted by Crippen LogP contribution is -2.43. The fourth-order valence-corrected chi connectivity index (χ4v) is 3.22. The lowest BCUT2D eigenvalue weighted by Gasteiger charge is -2.32. The van der Waals surface area contributed by atoms with Crippen LogP contribution in [-0.2, 0) is 4.79 Å². The van der Waals surface area contributed by atoms with Gasteiger partial charge in [0.05, 0.1) is 11.5 Å². The Morgan fingerprint density at radius 1 is 1.00 bits per heavy atom. The number of anilines is 1. The summed E-state index contributed by atoms with van der Waals surface area (Å²) in [5, 5.41) is 12.3. The van der Waals surface area contributed by atoms with E-state index >= 15 is 0 Å². The molecule has 2 aromatic rings. The van der Waals surface area contributed by atoms with E-state index in [-0.39, 0.29) is 23.3 Å². The molecule has 140 valence electrons. The molecule has 7 heteroatoms. The fourth-order valence-electron chi connectivity index (χ4n) is 3.09. The number of carboxylic acid groups (broad SMARTS) is 1. The number of likely N-dealkylation sites (tertiary alicyclic amines) is 1. The van der Waals surface area contributed by atoms with Crippen LogP contribution in [0.5, 0.6) is 0 Å². The Labute approximate surface area is 161 Å². The standard InChI is InChI=1S/C20H19ClN2O4/c21-16-7-3-13(4-8-16)19(25)23-11-1-2-15(12-23)18(24)22-17-9-5-14(6-10-17)20(26)27/h3-10,15H,1-2,11-12H2,(H,22,24)(H,26,27). The van der Waals surface area contributed by atoms with Gasteiger partial charge in [-0.3, -0.25) is 9.59 Å². The molecule has 0 aromatic heterocycles. The van der Waals surface area contributed by atoms with Gasteiger partial charge in [-0.15, -0.1) is 0 Å². The molecule has 1 aliphatic heterocycles. The SMILES string of the molecule is O=C(O)c1ccc(NC(=O)C2CCCN(C(=O)c3ccc(Cl)cc3)C2)cc1. The van der Waals surface area contributed by atoms with Gasteiger partial charge in [0.1, 0.15) is 0 Å². The van der Waals surface area contributed by atoms with E-state index in [4.69, 9.17) is 16.7 Å². The molecule has 3 rings (SSSR count). The molecule has 1 heterocycles. The van der Waals surface area contributed by atoms with Gasteiger partial charge in [-0.05, 0) is 61.4 Å². The van der Waals surface area contributed by atoms with E-state index in [9.17, 15) is 14.4 Å². The van der Waals surface area contributed by atoms with Gasteiger partial charge in [0.25, 0.3) is 5.91 Å². The Kier molecular flexibility index (Phi) is 5.76. The largest absolute Gasteiger partial charge is 0.478 e. The predicted molar refractivity (Wildman–Crippen MR) is 102 cm³/mol. The van der Waals surface area contributed by atoms with Crippen LogP contribution in [0.3, 0.4) is 0 Å². The first-order chi connectivity index (χ1) is 12.9. The summed E-state index contributed by atoms with van der Waals surface area (Å²) < 4.78 is 0. The highest BCUT2D eigenvalue weighted by Crippen LogP contribution is 2.21. The summed E-state index contributed by atoms with van der Waals surface area (Å²) in [6.07, 6.45) is 1.44. The highest BCUT2D eigenvalue weighted by Gasteiger charge is 2.29. The number of rotatable bonds is 4. The van der Waals surface area contributed by atoms with E-state index in [0.29, 0.717) is 35.8 Å². The minimum Gasteiger partial charge on any atom is -0.478 e. The molecule has 0 spiro atoms. The van der Waals surface area contributed by atoms with Crippen molar-refractivity contribution >= 4 is 35.1 Å². The van der Waals surface area contributed by atoms with Crippen LogP contribution in [0.4, 0.5) is 5.69 Å². The smallest absolute Gasteiger partial charge is 0.335 e. The van der Waals surface area contributed by atoms with Crippen molar-refractivity contribution in [3.05, 3.63) is 64.7 Å². The molecule has 1 unspecified atom stereocenters. The molecule has 6 nitrogen and oxygen atoms in total. The van der Waals surface area contributed by atoms with Crippen molar-refractivity contribution in [3.8, 4) is 0 Å². The van der Waals surface area contributed by atoms with E-state index in [1.807, 2.05) is 0 Å². The van der Waals surface area contributed by atoms with Gasteiger partial charge in [0.2, 0.25) is 5.91 Å². The number of carbonyl (C=O) groups excluding carboxylic acids is 2. The maximum absolute atomic E-state index is 12.6. The Balaban J connectivity index is 1.63. The molecule has 2 N–H and O–H groups in total. The monoisotopic (exact) mass is 386 g/mol. The van der Waals surface area contributed by atoms with E-state index in [2.05, 4.69) is 5.32 Å². The van der Waals surface area contributed by atoms with Crippen LogP contribution in [0.15, 0.2) is 48.5 Å². The van der Waals surface area contributed by atoms with Gasteiger partial charge in [-0.25, -0.2) is 4.79 Å². The number of carbonyl (C=O) groups is 3. The molecule has 2 aromatic carbocycles. The number of amides is 2. The molecule has 0 aliphatic carbocycles. The van der Waals surface area contributed by atoms with E-state index in [1.54, 1.807) is 41.3 Å². The van der Waals surface area contributed by atoms with Crippen molar-refractivity contribution in [2.45, 2.75) is 12.8 Å². The van der Waals surface area contributed by atoms with Crippen LogP contribution >= 0.6 is 11.6 Å². The van der Waals surface area contributed by atoms with Crippen LogP contribution in [0, 0.1) is 5.92 Å². The molecule has 2 amide bonds. The van der Waals surface area contributed by atoms with Crippen LogP contribution in [0.25, 0.3) is 0 Å². The maximum Gasteiger partial charge on any atom is 0.335 e. The summed E-state index contributed by atoms with van der Waals surface area (Å²) in [4.78, 5) is 37.8. The van der Waals surface area contributed by atoms with Crippen molar-refractivity contribution in [2.75, 3.05) is 18.4 Å². The molecule has 0 bridgehead atoms. The number of halogens is 1. The summed E-state index contributed by atoms with van der Waals surface area (Å²) >= 11 is 5.86. The molecule has 1 atom stereocenters. The topological polar surface area (TPSA) is 86.7 Å². The van der Waals surface area contributed by atoms with E-state index in [1.165, 1.54) is 12.1 Å². The molecule has 1 aliphatic rings. The Bertz CT molecular complexity index is 849. The van der Waals surface area contributed by atoms with Gasteiger partial charge >= 0.3 is 5.97 Å². The molecule has 1 fully saturated rings. The Morgan fingerprint density at radius 2 is 1.63 bits per heavy atom. The normalized spacial score (nSPS) is 16.6. The number of aromatic carboxylic acids is 1. The zero-order valence-corrected chi connectivity index (χ0v) is 15.3. The highest BCUT2D eigenvalue weighted by molar-refractivity contribution is 6.30. The fraction of sp³-hybridized carbons (Fsp3) is 0.250. The third-order valence-electron chi connectivity index (χ3n) is 4.57. The second-order valence-corrected chi connectivity index (χ2v) is 6.91. The van der Waals surface area contributed by atoms with Gasteiger partial charge in [0.15, 0.2) is 0 Å². The van der Waals surface area contributed by atoms with E-state index < -0.39 is 5.97 Å². The predicted octanol–water partition coefficient (Wildman–Crippen LogP) is 3.53. The Hall–Kier alpha value is -2.86. The number of nitrogens with zero attached hydrogens (tertiary/aromatic N) is 1. The Morgan fingerprint density at radius 3 is 2.26 bits per heavy atom. The molecule has 27 heavy (non-hydrogen) atoms. The minimum atomic E-state index is -1.02. The van der Waals surface area contributed by atoms with Gasteiger partial charge in [0, 0.05) is 29.4 Å². The van der Waals surface area contributed by atoms with Crippen molar-refractivity contribution in [3.63, 3.8) is 0 Å². The summed E-state index contributed by atoms with van der Waals surface area (Å²) in [5.41, 5.74) is 1.24. The lowest BCUT2D eigenvalue weighted by molar-refractivity contribution is -0.121. The van der Waals surface area contributed by atoms with Crippen LogP contribution in [0.1, 0.15) is 33.6 Å². The van der Waals surface area contributed by atoms with Crippen molar-refractivity contribution in [1.29, 1.82) is 0 Å². The summed E-state index contributed by atoms with van der Waals surface area (Å²) in [5.74, 6) is -1.62. The summed E-state index contributed by atoms with van der Waals surface area (Å²) in [7, 11) is 0. The van der Waals surface area contributed by atoms with Gasteiger partial charge in [-0.2, -0.15) is 0 Å². The molecule has 0 saturated carbocycles. The zero-order valence-electron chi connectivity index (χ0n) is 14.5. The summed E-state index contributed by atoms with van der Waals surface area (Å²) in [6.45, 7) is 0.957. The third kappa shape index (κ3) is 4.65. The molecular weight excluding hydrogens is 368 g/mol. The molecule has 0 radical (unpaired) electrons.